The van der Waals surface area contributed by atoms with Crippen molar-refractivity contribution in [3.63, 3.8) is 0 Å². The number of nitrogens with zero attached hydrogens (tertiary/aromatic N) is 4. The Kier molecular flexibility index (Phi) is 5.36. The molecule has 2 fully saturated rings. The molecule has 6 nitrogen and oxygen atoms in total. The van der Waals surface area contributed by atoms with Crippen LogP contribution in [-0.2, 0) is 11.3 Å². The Bertz CT molecular complexity index is 541. The van der Waals surface area contributed by atoms with Crippen molar-refractivity contribution < 1.29 is 9.53 Å². The molecule has 2 amide bonds. The van der Waals surface area contributed by atoms with E-state index in [9.17, 15) is 4.79 Å². The van der Waals surface area contributed by atoms with Gasteiger partial charge < -0.3 is 14.5 Å². The maximum absolute atomic E-state index is 12.1. The number of carbonyl (C=O) groups excluding carboxylic acids is 1. The van der Waals surface area contributed by atoms with E-state index in [0.29, 0.717) is 0 Å². The summed E-state index contributed by atoms with van der Waals surface area (Å²) >= 11 is 0. The van der Waals surface area contributed by atoms with Crippen LogP contribution in [-0.4, -0.2) is 79.2 Å². The highest BCUT2D eigenvalue weighted by atomic mass is 16.5. The molecule has 3 heterocycles. The second-order valence-electron chi connectivity index (χ2n) is 7.28. The van der Waals surface area contributed by atoms with Crippen molar-refractivity contribution in [2.75, 3.05) is 53.5 Å². The van der Waals surface area contributed by atoms with Gasteiger partial charge >= 0.3 is 6.03 Å². The fraction of sp³-hybridized carbons (Fsp3) is 0.667. The molecule has 0 unspecified atom stereocenters. The number of ether oxygens (including phenoxy) is 1. The molecule has 0 bridgehead atoms. The molecular formula is C18H28N4O2. The van der Waals surface area contributed by atoms with Crippen molar-refractivity contribution in [3.8, 4) is 0 Å². The van der Waals surface area contributed by atoms with E-state index in [-0.39, 0.29) is 11.4 Å². The fourth-order valence-electron chi connectivity index (χ4n) is 3.72. The number of hydrogen-bond acceptors (Lipinski definition) is 4. The summed E-state index contributed by atoms with van der Waals surface area (Å²) in [5.41, 5.74) is 1.47. The van der Waals surface area contributed by atoms with Gasteiger partial charge in [-0.2, -0.15) is 0 Å². The lowest BCUT2D eigenvalue weighted by molar-refractivity contribution is 0.0204. The molecule has 1 spiro atoms. The van der Waals surface area contributed by atoms with Crippen LogP contribution in [0.5, 0.6) is 0 Å². The van der Waals surface area contributed by atoms with Gasteiger partial charge in [-0.15, -0.1) is 0 Å². The van der Waals surface area contributed by atoms with Crippen LogP contribution >= 0.6 is 0 Å². The van der Waals surface area contributed by atoms with Crippen LogP contribution in [0.2, 0.25) is 0 Å². The van der Waals surface area contributed by atoms with Crippen molar-refractivity contribution in [1.29, 1.82) is 0 Å². The largest absolute Gasteiger partial charge is 0.379 e. The zero-order chi connectivity index (χ0) is 17.0. The first-order chi connectivity index (χ1) is 11.6. The minimum atomic E-state index is 0.119. The highest BCUT2D eigenvalue weighted by molar-refractivity contribution is 5.73. The molecule has 0 atom stereocenters. The molecule has 6 heteroatoms. The standard InChI is InChI=1S/C18H28N4O2/c1-20(2)17(23)22-9-5-18(6-10-22)14-21(11-12-24-15-18)13-16-3-7-19-8-4-16/h3-4,7-8H,5-6,9-15H2,1-2H3. The summed E-state index contributed by atoms with van der Waals surface area (Å²) in [7, 11) is 3.63. The molecule has 0 radical (unpaired) electrons. The second-order valence-corrected chi connectivity index (χ2v) is 7.28. The molecule has 3 rings (SSSR count). The molecule has 0 aliphatic carbocycles. The number of amides is 2. The smallest absolute Gasteiger partial charge is 0.319 e. The summed E-state index contributed by atoms with van der Waals surface area (Å²) in [6, 6.07) is 4.28. The van der Waals surface area contributed by atoms with Crippen LogP contribution in [0.3, 0.4) is 0 Å². The van der Waals surface area contributed by atoms with Gasteiger partial charge in [-0.25, -0.2) is 4.79 Å². The van der Waals surface area contributed by atoms with Crippen LogP contribution in [0, 0.1) is 5.41 Å². The third-order valence-corrected chi connectivity index (χ3v) is 5.15. The lowest BCUT2D eigenvalue weighted by Gasteiger charge is -2.43. The van der Waals surface area contributed by atoms with Gasteiger partial charge in [0.05, 0.1) is 13.2 Å². The number of piperidine rings is 1. The summed E-state index contributed by atoms with van der Waals surface area (Å²) in [5, 5.41) is 0. The van der Waals surface area contributed by atoms with Crippen LogP contribution in [0.25, 0.3) is 0 Å². The average molecular weight is 332 g/mol. The van der Waals surface area contributed by atoms with Crippen LogP contribution in [0.1, 0.15) is 18.4 Å². The highest BCUT2D eigenvalue weighted by Gasteiger charge is 2.39. The predicted molar refractivity (Wildman–Crippen MR) is 92.7 cm³/mol. The topological polar surface area (TPSA) is 48.9 Å². The Hall–Kier alpha value is -1.66. The monoisotopic (exact) mass is 332 g/mol. The molecule has 0 N–H and O–H groups in total. The summed E-state index contributed by atoms with van der Waals surface area (Å²) in [6.45, 7) is 6.18. The fourth-order valence-corrected chi connectivity index (χ4v) is 3.72. The van der Waals surface area contributed by atoms with Gasteiger partial charge in [0, 0.05) is 64.6 Å². The Balaban J connectivity index is 1.62. The number of rotatable bonds is 2. The summed E-state index contributed by atoms with van der Waals surface area (Å²) in [5.74, 6) is 0. The van der Waals surface area contributed by atoms with E-state index in [1.807, 2.05) is 31.4 Å². The second kappa shape index (κ2) is 7.49. The number of pyridine rings is 1. The van der Waals surface area contributed by atoms with Gasteiger partial charge in [0.15, 0.2) is 0 Å². The van der Waals surface area contributed by atoms with Crippen molar-refractivity contribution in [1.82, 2.24) is 19.7 Å². The maximum atomic E-state index is 12.1. The van der Waals surface area contributed by atoms with Crippen LogP contribution in [0.4, 0.5) is 4.79 Å². The van der Waals surface area contributed by atoms with E-state index in [0.717, 1.165) is 58.8 Å². The Morgan fingerprint density at radius 2 is 1.96 bits per heavy atom. The molecule has 24 heavy (non-hydrogen) atoms. The Morgan fingerprint density at radius 3 is 2.62 bits per heavy atom. The van der Waals surface area contributed by atoms with Crippen molar-refractivity contribution in [2.24, 2.45) is 5.41 Å². The summed E-state index contributed by atoms with van der Waals surface area (Å²) < 4.78 is 5.93. The van der Waals surface area contributed by atoms with E-state index in [4.69, 9.17) is 4.74 Å². The third-order valence-electron chi connectivity index (χ3n) is 5.15. The number of carbonyl (C=O) groups is 1. The quantitative estimate of drug-likeness (QED) is 0.827. The molecule has 2 aliphatic heterocycles. The first kappa shape index (κ1) is 17.2. The first-order valence-corrected chi connectivity index (χ1v) is 8.73. The summed E-state index contributed by atoms with van der Waals surface area (Å²) in [6.07, 6.45) is 5.73. The molecule has 1 aromatic rings. The third kappa shape index (κ3) is 4.05. The molecular weight excluding hydrogens is 304 g/mol. The van der Waals surface area contributed by atoms with Gasteiger partial charge in [0.2, 0.25) is 0 Å². The molecule has 0 aromatic carbocycles. The zero-order valence-corrected chi connectivity index (χ0v) is 14.8. The molecule has 2 saturated heterocycles. The Labute approximate surface area is 144 Å². The van der Waals surface area contributed by atoms with Gasteiger partial charge in [0.25, 0.3) is 0 Å². The first-order valence-electron chi connectivity index (χ1n) is 8.73. The Morgan fingerprint density at radius 1 is 1.25 bits per heavy atom. The van der Waals surface area contributed by atoms with E-state index in [1.54, 1.807) is 4.90 Å². The van der Waals surface area contributed by atoms with E-state index >= 15 is 0 Å². The van der Waals surface area contributed by atoms with Crippen molar-refractivity contribution >= 4 is 6.03 Å². The molecule has 2 aliphatic rings. The zero-order valence-electron chi connectivity index (χ0n) is 14.8. The van der Waals surface area contributed by atoms with E-state index in [2.05, 4.69) is 22.0 Å². The number of urea groups is 1. The van der Waals surface area contributed by atoms with Gasteiger partial charge in [-0.1, -0.05) is 0 Å². The minimum Gasteiger partial charge on any atom is -0.379 e. The molecule has 0 saturated carbocycles. The van der Waals surface area contributed by atoms with Crippen LogP contribution < -0.4 is 0 Å². The van der Waals surface area contributed by atoms with Gasteiger partial charge in [-0.05, 0) is 30.5 Å². The number of likely N-dealkylation sites (tertiary alicyclic amines) is 1. The lowest BCUT2D eigenvalue weighted by Crippen LogP contribution is -2.50. The van der Waals surface area contributed by atoms with Crippen LogP contribution in [0.15, 0.2) is 24.5 Å². The highest BCUT2D eigenvalue weighted by Crippen LogP contribution is 2.35. The SMILES string of the molecule is CN(C)C(=O)N1CCC2(CC1)COCCN(Cc1ccncc1)C2. The normalized spacial score (nSPS) is 21.5. The van der Waals surface area contributed by atoms with E-state index in [1.165, 1.54) is 5.56 Å². The average Bonchev–Trinajstić information content (AvgIpc) is 2.78. The van der Waals surface area contributed by atoms with Gasteiger partial charge in [-0.3, -0.25) is 9.88 Å². The number of aromatic nitrogens is 1. The lowest BCUT2D eigenvalue weighted by atomic mass is 9.78. The maximum Gasteiger partial charge on any atom is 0.319 e. The van der Waals surface area contributed by atoms with Crippen molar-refractivity contribution in [3.05, 3.63) is 30.1 Å². The number of hydrogen-bond donors (Lipinski definition) is 0. The van der Waals surface area contributed by atoms with Gasteiger partial charge in [0.1, 0.15) is 0 Å². The summed E-state index contributed by atoms with van der Waals surface area (Å²) in [4.78, 5) is 22.4. The van der Waals surface area contributed by atoms with Crippen molar-refractivity contribution in [2.45, 2.75) is 19.4 Å². The predicted octanol–water partition coefficient (Wildman–Crippen LogP) is 1.68. The van der Waals surface area contributed by atoms with E-state index < -0.39 is 0 Å². The minimum absolute atomic E-state index is 0.119. The molecule has 1 aromatic heterocycles. The molecule has 132 valence electrons.